The summed E-state index contributed by atoms with van der Waals surface area (Å²) in [5, 5.41) is 9.02. The summed E-state index contributed by atoms with van der Waals surface area (Å²) in [4.78, 5) is 30.9. The standard InChI is InChI=1S/C24H27N3O4/c1-16(15-22(29)30)14-21(28)26-13-7-10-19(26)24-25-23(18-9-5-6-12-27(18)24)17-8-3-4-11-20(17)31-2/h3-6,8-9,11-12,16,19H,7,10,13-15H2,1-2H3,(H,29,30). The molecular formula is C24H27N3O4. The summed E-state index contributed by atoms with van der Waals surface area (Å²) < 4.78 is 7.61. The van der Waals surface area contributed by atoms with Crippen LogP contribution in [0.25, 0.3) is 16.8 Å². The van der Waals surface area contributed by atoms with Crippen LogP contribution in [0.1, 0.15) is 44.5 Å². The minimum absolute atomic E-state index is 0.00545. The highest BCUT2D eigenvalue weighted by molar-refractivity contribution is 5.82. The molecule has 1 N–H and O–H groups in total. The first kappa shape index (κ1) is 20.9. The highest BCUT2D eigenvalue weighted by atomic mass is 16.5. The maximum Gasteiger partial charge on any atom is 0.303 e. The van der Waals surface area contributed by atoms with E-state index in [1.54, 1.807) is 7.11 Å². The van der Waals surface area contributed by atoms with Gasteiger partial charge in [0.05, 0.1) is 18.7 Å². The molecule has 0 spiro atoms. The monoisotopic (exact) mass is 421 g/mol. The van der Waals surface area contributed by atoms with Crippen LogP contribution in [0.3, 0.4) is 0 Å². The lowest BCUT2D eigenvalue weighted by atomic mass is 10.0. The van der Waals surface area contributed by atoms with Gasteiger partial charge in [-0.1, -0.05) is 25.1 Å². The number of likely N-dealkylation sites (tertiary alicyclic amines) is 1. The topological polar surface area (TPSA) is 84.1 Å². The lowest BCUT2D eigenvalue weighted by Crippen LogP contribution is -2.32. The quantitative estimate of drug-likeness (QED) is 0.619. The highest BCUT2D eigenvalue weighted by Crippen LogP contribution is 2.38. The maximum absolute atomic E-state index is 13.0. The first-order chi connectivity index (χ1) is 15.0. The van der Waals surface area contributed by atoms with Crippen molar-refractivity contribution in [2.45, 2.75) is 38.6 Å². The number of aliphatic carboxylic acids is 1. The Kier molecular flexibility index (Phi) is 5.93. The van der Waals surface area contributed by atoms with Gasteiger partial charge in [0, 0.05) is 31.1 Å². The normalized spacial score (nSPS) is 17.1. The van der Waals surface area contributed by atoms with Crippen LogP contribution in [0, 0.1) is 5.92 Å². The SMILES string of the molecule is COc1ccccc1-c1nc(C2CCCN2C(=O)CC(C)CC(=O)O)n2ccccc12. The molecule has 2 unspecified atom stereocenters. The number of imidazole rings is 1. The van der Waals surface area contributed by atoms with Crippen LogP contribution < -0.4 is 4.74 Å². The van der Waals surface area contributed by atoms with Crippen LogP contribution in [-0.2, 0) is 9.59 Å². The van der Waals surface area contributed by atoms with E-state index in [4.69, 9.17) is 14.8 Å². The Morgan fingerprint density at radius 1 is 1.19 bits per heavy atom. The zero-order valence-electron chi connectivity index (χ0n) is 17.8. The summed E-state index contributed by atoms with van der Waals surface area (Å²) in [6, 6.07) is 13.6. The van der Waals surface area contributed by atoms with Gasteiger partial charge >= 0.3 is 5.97 Å². The molecule has 1 aromatic carbocycles. The molecule has 7 nitrogen and oxygen atoms in total. The predicted molar refractivity (Wildman–Crippen MR) is 117 cm³/mol. The molecule has 2 aromatic heterocycles. The summed E-state index contributed by atoms with van der Waals surface area (Å²) in [6.07, 6.45) is 3.93. The number of carbonyl (C=O) groups excluding carboxylic acids is 1. The van der Waals surface area contributed by atoms with E-state index in [9.17, 15) is 9.59 Å². The Balaban J connectivity index is 1.71. The third kappa shape index (κ3) is 4.13. The molecule has 1 aliphatic rings. The van der Waals surface area contributed by atoms with Crippen LogP contribution in [0.15, 0.2) is 48.7 Å². The van der Waals surface area contributed by atoms with Crippen molar-refractivity contribution in [3.8, 4) is 17.0 Å². The number of benzene rings is 1. The average molecular weight is 421 g/mol. The molecule has 1 saturated heterocycles. The van der Waals surface area contributed by atoms with E-state index in [0.717, 1.165) is 41.2 Å². The zero-order chi connectivity index (χ0) is 22.0. The number of nitrogens with zero attached hydrogens (tertiary/aromatic N) is 3. The smallest absolute Gasteiger partial charge is 0.303 e. The molecule has 1 fully saturated rings. The van der Waals surface area contributed by atoms with Crippen molar-refractivity contribution < 1.29 is 19.4 Å². The first-order valence-corrected chi connectivity index (χ1v) is 10.6. The van der Waals surface area contributed by atoms with Gasteiger partial charge < -0.3 is 19.1 Å². The number of ether oxygens (including phenoxy) is 1. The van der Waals surface area contributed by atoms with E-state index in [1.165, 1.54) is 0 Å². The van der Waals surface area contributed by atoms with Gasteiger partial charge in [-0.25, -0.2) is 4.98 Å². The minimum atomic E-state index is -0.876. The van der Waals surface area contributed by atoms with Gasteiger partial charge in [-0.2, -0.15) is 0 Å². The van der Waals surface area contributed by atoms with Crippen LogP contribution in [0.2, 0.25) is 0 Å². The van der Waals surface area contributed by atoms with Crippen molar-refractivity contribution in [2.75, 3.05) is 13.7 Å². The Labute approximate surface area is 181 Å². The summed E-state index contributed by atoms with van der Waals surface area (Å²) in [5.41, 5.74) is 2.69. The fourth-order valence-corrected chi connectivity index (χ4v) is 4.45. The van der Waals surface area contributed by atoms with Gasteiger partial charge in [-0.15, -0.1) is 0 Å². The zero-order valence-corrected chi connectivity index (χ0v) is 17.8. The number of rotatable bonds is 7. The molecule has 3 aromatic rings. The number of amides is 1. The molecule has 0 bridgehead atoms. The number of fused-ring (bicyclic) bond motifs is 1. The van der Waals surface area contributed by atoms with Gasteiger partial charge in [0.15, 0.2) is 0 Å². The fraction of sp³-hybridized carbons (Fsp3) is 0.375. The number of hydrogen-bond acceptors (Lipinski definition) is 4. The van der Waals surface area contributed by atoms with Crippen molar-refractivity contribution in [3.05, 3.63) is 54.5 Å². The van der Waals surface area contributed by atoms with E-state index in [1.807, 2.05) is 60.5 Å². The van der Waals surface area contributed by atoms with E-state index in [-0.39, 0.29) is 30.7 Å². The van der Waals surface area contributed by atoms with Crippen molar-refractivity contribution in [2.24, 2.45) is 5.92 Å². The first-order valence-electron chi connectivity index (χ1n) is 10.6. The maximum atomic E-state index is 13.0. The van der Waals surface area contributed by atoms with Gasteiger partial charge in [0.2, 0.25) is 5.91 Å². The van der Waals surface area contributed by atoms with Crippen molar-refractivity contribution >= 4 is 17.4 Å². The van der Waals surface area contributed by atoms with Gasteiger partial charge in [-0.3, -0.25) is 9.59 Å². The molecule has 1 amide bonds. The molecule has 0 saturated carbocycles. The largest absolute Gasteiger partial charge is 0.496 e. The number of carbonyl (C=O) groups is 2. The Hall–Kier alpha value is -3.35. The number of hydrogen-bond donors (Lipinski definition) is 1. The van der Waals surface area contributed by atoms with Gasteiger partial charge in [-0.05, 0) is 43.0 Å². The van der Waals surface area contributed by atoms with E-state index >= 15 is 0 Å². The number of carboxylic acids is 1. The van der Waals surface area contributed by atoms with Crippen LogP contribution in [0.4, 0.5) is 0 Å². The number of aromatic nitrogens is 2. The van der Waals surface area contributed by atoms with Gasteiger partial charge in [0.25, 0.3) is 0 Å². The number of methoxy groups -OCH3 is 1. The number of pyridine rings is 1. The Morgan fingerprint density at radius 2 is 1.97 bits per heavy atom. The minimum Gasteiger partial charge on any atom is -0.496 e. The van der Waals surface area contributed by atoms with E-state index in [0.29, 0.717) is 6.54 Å². The third-order valence-corrected chi connectivity index (χ3v) is 5.86. The Bertz CT molecular complexity index is 1110. The molecular weight excluding hydrogens is 394 g/mol. The van der Waals surface area contributed by atoms with Gasteiger partial charge in [0.1, 0.15) is 17.3 Å². The molecule has 0 radical (unpaired) electrons. The Morgan fingerprint density at radius 3 is 2.74 bits per heavy atom. The molecule has 0 aliphatic carbocycles. The van der Waals surface area contributed by atoms with Crippen molar-refractivity contribution in [1.82, 2.24) is 14.3 Å². The third-order valence-electron chi connectivity index (χ3n) is 5.86. The molecule has 162 valence electrons. The fourth-order valence-electron chi connectivity index (χ4n) is 4.45. The van der Waals surface area contributed by atoms with Crippen molar-refractivity contribution in [1.29, 1.82) is 0 Å². The summed E-state index contributed by atoms with van der Waals surface area (Å²) in [5.74, 6) is 0.488. The second-order valence-corrected chi connectivity index (χ2v) is 8.13. The lowest BCUT2D eigenvalue weighted by molar-refractivity contribution is -0.138. The second-order valence-electron chi connectivity index (χ2n) is 8.13. The lowest BCUT2D eigenvalue weighted by Gasteiger charge is -2.25. The molecule has 7 heteroatoms. The van der Waals surface area contributed by atoms with Crippen LogP contribution in [0.5, 0.6) is 5.75 Å². The predicted octanol–water partition coefficient (Wildman–Crippen LogP) is 4.17. The van der Waals surface area contributed by atoms with Crippen LogP contribution >= 0.6 is 0 Å². The summed E-state index contributed by atoms with van der Waals surface area (Å²) in [6.45, 7) is 2.47. The van der Waals surface area contributed by atoms with Crippen LogP contribution in [-0.4, -0.2) is 44.9 Å². The molecule has 4 rings (SSSR count). The van der Waals surface area contributed by atoms with Crippen molar-refractivity contribution in [3.63, 3.8) is 0 Å². The molecule has 2 atom stereocenters. The van der Waals surface area contributed by atoms with E-state index in [2.05, 4.69) is 4.40 Å². The van der Waals surface area contributed by atoms with E-state index < -0.39 is 5.97 Å². The molecule has 31 heavy (non-hydrogen) atoms. The number of carboxylic acid groups (broad SMARTS) is 1. The second kappa shape index (κ2) is 8.79. The molecule has 1 aliphatic heterocycles. The molecule has 3 heterocycles. The summed E-state index contributed by atoms with van der Waals surface area (Å²) >= 11 is 0. The number of para-hydroxylation sites is 1. The highest BCUT2D eigenvalue weighted by Gasteiger charge is 2.34. The summed E-state index contributed by atoms with van der Waals surface area (Å²) in [7, 11) is 1.65. The average Bonchev–Trinajstić information content (AvgIpc) is 3.38.